The summed E-state index contributed by atoms with van der Waals surface area (Å²) >= 11 is 0. The molecule has 17 heavy (non-hydrogen) atoms. The van der Waals surface area contributed by atoms with Crippen LogP contribution in [0.1, 0.15) is 12.8 Å². The second kappa shape index (κ2) is 6.02. The van der Waals surface area contributed by atoms with E-state index in [0.29, 0.717) is 0 Å². The van der Waals surface area contributed by atoms with E-state index in [1.807, 2.05) is 11.1 Å². The van der Waals surface area contributed by atoms with Crippen molar-refractivity contribution in [2.45, 2.75) is 12.8 Å². The molecule has 2 rings (SSSR count). The number of urea groups is 1. The van der Waals surface area contributed by atoms with Crippen LogP contribution < -0.4 is 5.32 Å². The fourth-order valence-corrected chi connectivity index (χ4v) is 2.04. The number of likely N-dealkylation sites (N-methyl/N-ethyl adjacent to an activating group) is 1. The molecule has 0 atom stereocenters. The normalized spacial score (nSPS) is 22.4. The van der Waals surface area contributed by atoms with Crippen molar-refractivity contribution in [2.24, 2.45) is 0 Å². The molecule has 0 aliphatic carbocycles. The number of nitrogens with zero attached hydrogens (tertiary/aromatic N) is 2. The Morgan fingerprint density at radius 2 is 1.88 bits per heavy atom. The Kier molecular flexibility index (Phi) is 4.39. The minimum absolute atomic E-state index is 0.0251. The molecule has 0 aromatic rings. The molecule has 0 spiro atoms. The predicted molar refractivity (Wildman–Crippen MR) is 65.7 cm³/mol. The van der Waals surface area contributed by atoms with E-state index in [1.165, 1.54) is 5.57 Å². The number of hydrogen-bond donors (Lipinski definition) is 1. The third-order valence-electron chi connectivity index (χ3n) is 3.33. The van der Waals surface area contributed by atoms with Gasteiger partial charge in [0, 0.05) is 32.4 Å². The van der Waals surface area contributed by atoms with Crippen molar-refractivity contribution in [3.05, 3.63) is 11.8 Å². The van der Waals surface area contributed by atoms with Crippen LogP contribution in [0.5, 0.6) is 0 Å². The van der Waals surface area contributed by atoms with Crippen molar-refractivity contribution >= 4 is 6.03 Å². The van der Waals surface area contributed by atoms with Crippen LogP contribution in [0.3, 0.4) is 0 Å². The lowest BCUT2D eigenvalue weighted by molar-refractivity contribution is 0.118. The quantitative estimate of drug-likeness (QED) is 0.730. The standard InChI is InChI=1S/C12H21N3O2/c1-14-4-6-15(7-5-14)12(16)13-10-11-2-8-17-9-3-11/h10H,2-9H2,1H3,(H,13,16). The lowest BCUT2D eigenvalue weighted by Gasteiger charge is -2.32. The maximum Gasteiger partial charge on any atom is 0.321 e. The summed E-state index contributed by atoms with van der Waals surface area (Å²) in [6.45, 7) is 5.09. The van der Waals surface area contributed by atoms with E-state index in [0.717, 1.165) is 52.2 Å². The van der Waals surface area contributed by atoms with Gasteiger partial charge in [0.25, 0.3) is 0 Å². The molecule has 2 heterocycles. The molecule has 0 unspecified atom stereocenters. The first kappa shape index (κ1) is 12.4. The van der Waals surface area contributed by atoms with E-state index >= 15 is 0 Å². The van der Waals surface area contributed by atoms with Gasteiger partial charge in [-0.15, -0.1) is 0 Å². The summed E-state index contributed by atoms with van der Waals surface area (Å²) in [6.07, 6.45) is 3.73. The fourth-order valence-electron chi connectivity index (χ4n) is 2.04. The largest absolute Gasteiger partial charge is 0.381 e. The number of nitrogens with one attached hydrogen (secondary N) is 1. The van der Waals surface area contributed by atoms with Gasteiger partial charge in [-0.05, 0) is 25.5 Å². The highest BCUT2D eigenvalue weighted by Crippen LogP contribution is 2.11. The minimum atomic E-state index is 0.0251. The lowest BCUT2D eigenvalue weighted by Crippen LogP contribution is -2.49. The van der Waals surface area contributed by atoms with Crippen LogP contribution in [0.2, 0.25) is 0 Å². The van der Waals surface area contributed by atoms with Crippen LogP contribution in [0.25, 0.3) is 0 Å². The van der Waals surface area contributed by atoms with Crippen LogP contribution in [0, 0.1) is 0 Å². The molecule has 0 bridgehead atoms. The number of carbonyl (C=O) groups is 1. The second-order valence-electron chi connectivity index (χ2n) is 4.65. The van der Waals surface area contributed by atoms with Gasteiger partial charge in [0.2, 0.25) is 0 Å². The average molecular weight is 239 g/mol. The van der Waals surface area contributed by atoms with Gasteiger partial charge in [0.15, 0.2) is 0 Å². The number of ether oxygens (including phenoxy) is 1. The van der Waals surface area contributed by atoms with Crippen molar-refractivity contribution in [1.82, 2.24) is 15.1 Å². The first-order valence-electron chi connectivity index (χ1n) is 6.25. The first-order chi connectivity index (χ1) is 8.25. The van der Waals surface area contributed by atoms with Gasteiger partial charge < -0.3 is 19.9 Å². The third-order valence-corrected chi connectivity index (χ3v) is 3.33. The van der Waals surface area contributed by atoms with Crippen LogP contribution in [-0.4, -0.2) is 62.3 Å². The minimum Gasteiger partial charge on any atom is -0.381 e. The van der Waals surface area contributed by atoms with Crippen molar-refractivity contribution < 1.29 is 9.53 Å². The van der Waals surface area contributed by atoms with E-state index in [2.05, 4.69) is 17.3 Å². The molecule has 0 aromatic carbocycles. The molecule has 2 saturated heterocycles. The van der Waals surface area contributed by atoms with Gasteiger partial charge >= 0.3 is 6.03 Å². The zero-order chi connectivity index (χ0) is 12.1. The van der Waals surface area contributed by atoms with Crippen LogP contribution in [-0.2, 0) is 4.74 Å². The SMILES string of the molecule is CN1CCN(C(=O)NC=C2CCOCC2)CC1. The molecule has 0 radical (unpaired) electrons. The maximum absolute atomic E-state index is 11.9. The summed E-state index contributed by atoms with van der Waals surface area (Å²) in [5.74, 6) is 0. The zero-order valence-electron chi connectivity index (χ0n) is 10.4. The van der Waals surface area contributed by atoms with Crippen molar-refractivity contribution in [2.75, 3.05) is 46.4 Å². The number of carbonyl (C=O) groups excluding carboxylic acids is 1. The van der Waals surface area contributed by atoms with E-state index < -0.39 is 0 Å². The number of piperazine rings is 1. The van der Waals surface area contributed by atoms with Crippen molar-refractivity contribution in [3.63, 3.8) is 0 Å². The molecule has 5 nitrogen and oxygen atoms in total. The Labute approximate surface area is 102 Å². The summed E-state index contributed by atoms with van der Waals surface area (Å²) in [6, 6.07) is 0.0251. The average Bonchev–Trinajstić information content (AvgIpc) is 2.38. The van der Waals surface area contributed by atoms with Gasteiger partial charge in [-0.3, -0.25) is 0 Å². The van der Waals surface area contributed by atoms with Gasteiger partial charge in [0.1, 0.15) is 0 Å². The summed E-state index contributed by atoms with van der Waals surface area (Å²) in [5.41, 5.74) is 1.28. The summed E-state index contributed by atoms with van der Waals surface area (Å²) in [5, 5.41) is 2.89. The highest BCUT2D eigenvalue weighted by molar-refractivity contribution is 5.75. The molecule has 96 valence electrons. The topological polar surface area (TPSA) is 44.8 Å². The highest BCUT2D eigenvalue weighted by atomic mass is 16.5. The molecular weight excluding hydrogens is 218 g/mol. The Bertz CT molecular complexity index is 288. The van der Waals surface area contributed by atoms with Gasteiger partial charge in [0.05, 0.1) is 13.2 Å². The van der Waals surface area contributed by atoms with Gasteiger partial charge in [-0.2, -0.15) is 0 Å². The smallest absolute Gasteiger partial charge is 0.321 e. The summed E-state index contributed by atoms with van der Waals surface area (Å²) in [4.78, 5) is 16.0. The second-order valence-corrected chi connectivity index (χ2v) is 4.65. The summed E-state index contributed by atoms with van der Waals surface area (Å²) < 4.78 is 5.27. The Morgan fingerprint density at radius 1 is 1.24 bits per heavy atom. The fraction of sp³-hybridized carbons (Fsp3) is 0.750. The van der Waals surface area contributed by atoms with E-state index in [9.17, 15) is 4.79 Å². The Balaban J connectivity index is 1.76. The molecule has 5 heteroatoms. The molecular formula is C12H21N3O2. The first-order valence-corrected chi connectivity index (χ1v) is 6.25. The molecule has 2 aliphatic rings. The van der Waals surface area contributed by atoms with Gasteiger partial charge in [-0.1, -0.05) is 0 Å². The number of amides is 2. The number of hydrogen-bond acceptors (Lipinski definition) is 3. The third kappa shape index (κ3) is 3.71. The van der Waals surface area contributed by atoms with Crippen LogP contribution >= 0.6 is 0 Å². The van der Waals surface area contributed by atoms with Crippen LogP contribution in [0.15, 0.2) is 11.8 Å². The van der Waals surface area contributed by atoms with E-state index in [1.54, 1.807) is 0 Å². The maximum atomic E-state index is 11.9. The van der Waals surface area contributed by atoms with E-state index in [-0.39, 0.29) is 6.03 Å². The molecule has 0 saturated carbocycles. The zero-order valence-corrected chi connectivity index (χ0v) is 10.4. The molecule has 1 N–H and O–H groups in total. The predicted octanol–water partition coefficient (Wildman–Crippen LogP) is 0.638. The monoisotopic (exact) mass is 239 g/mol. The Hall–Kier alpha value is -1.07. The molecule has 2 fully saturated rings. The summed E-state index contributed by atoms with van der Waals surface area (Å²) in [7, 11) is 2.08. The van der Waals surface area contributed by atoms with Crippen molar-refractivity contribution in [3.8, 4) is 0 Å². The molecule has 2 aliphatic heterocycles. The highest BCUT2D eigenvalue weighted by Gasteiger charge is 2.18. The van der Waals surface area contributed by atoms with Crippen molar-refractivity contribution in [1.29, 1.82) is 0 Å². The Morgan fingerprint density at radius 3 is 2.53 bits per heavy atom. The number of rotatable bonds is 1. The lowest BCUT2D eigenvalue weighted by atomic mass is 10.1. The van der Waals surface area contributed by atoms with E-state index in [4.69, 9.17) is 4.74 Å². The molecule has 0 aromatic heterocycles. The van der Waals surface area contributed by atoms with Gasteiger partial charge in [-0.25, -0.2) is 4.79 Å². The molecule has 2 amide bonds. The van der Waals surface area contributed by atoms with Crippen LogP contribution in [0.4, 0.5) is 4.79 Å².